The van der Waals surface area contributed by atoms with E-state index in [1.54, 1.807) is 19.2 Å². The predicted molar refractivity (Wildman–Crippen MR) is 86.2 cm³/mol. The molecule has 1 fully saturated rings. The first-order valence-electron chi connectivity index (χ1n) is 6.95. The van der Waals surface area contributed by atoms with Crippen molar-refractivity contribution < 1.29 is 17.9 Å². The monoisotopic (exact) mass is 390 g/mol. The number of benzene rings is 1. The topological polar surface area (TPSA) is 75.7 Å². The summed E-state index contributed by atoms with van der Waals surface area (Å²) in [7, 11) is -0.426. The Balaban J connectivity index is 2.15. The van der Waals surface area contributed by atoms with Crippen LogP contribution in [-0.4, -0.2) is 45.9 Å². The third-order valence-electron chi connectivity index (χ3n) is 3.83. The summed E-state index contributed by atoms with van der Waals surface area (Å²) in [6, 6.07) is 4.69. The molecule has 0 unspecified atom stereocenters. The van der Waals surface area contributed by atoms with E-state index in [9.17, 15) is 13.2 Å². The van der Waals surface area contributed by atoms with E-state index in [0.717, 1.165) is 0 Å². The minimum absolute atomic E-state index is 0.0239. The van der Waals surface area contributed by atoms with Crippen LogP contribution in [0.25, 0.3) is 0 Å². The summed E-state index contributed by atoms with van der Waals surface area (Å²) in [5.74, 6) is 0.445. The number of ether oxygens (including phenoxy) is 1. The van der Waals surface area contributed by atoms with Crippen LogP contribution in [0.4, 0.5) is 0 Å². The number of carbonyl (C=O) groups excluding carboxylic acids is 1. The molecule has 8 heteroatoms. The molecule has 0 aliphatic carbocycles. The maximum atomic E-state index is 12.6. The number of rotatable bonds is 4. The normalized spacial score (nSPS) is 17.2. The molecule has 1 N–H and O–H groups in total. The maximum Gasteiger partial charge on any atom is 0.243 e. The van der Waals surface area contributed by atoms with Crippen LogP contribution in [0.1, 0.15) is 12.8 Å². The number of carbonyl (C=O) groups is 1. The van der Waals surface area contributed by atoms with Crippen LogP contribution in [0, 0.1) is 5.92 Å². The van der Waals surface area contributed by atoms with E-state index in [-0.39, 0.29) is 16.7 Å². The lowest BCUT2D eigenvalue weighted by Crippen LogP contribution is -2.42. The third kappa shape index (κ3) is 3.44. The predicted octanol–water partition coefficient (Wildman–Crippen LogP) is 1.60. The van der Waals surface area contributed by atoms with Gasteiger partial charge in [0.1, 0.15) is 5.75 Å². The van der Waals surface area contributed by atoms with Crippen molar-refractivity contribution in [3.05, 3.63) is 22.7 Å². The Morgan fingerprint density at radius 1 is 1.36 bits per heavy atom. The minimum atomic E-state index is -3.55. The number of nitrogens with one attached hydrogen (secondary N) is 1. The Kier molecular flexibility index (Phi) is 5.46. The highest BCUT2D eigenvalue weighted by atomic mass is 79.9. The highest BCUT2D eigenvalue weighted by Gasteiger charge is 2.32. The highest BCUT2D eigenvalue weighted by molar-refractivity contribution is 9.10. The lowest BCUT2D eigenvalue weighted by molar-refractivity contribution is -0.125. The molecule has 6 nitrogen and oxygen atoms in total. The number of hydrogen-bond donors (Lipinski definition) is 1. The van der Waals surface area contributed by atoms with E-state index < -0.39 is 10.0 Å². The average Bonchev–Trinajstić information content (AvgIpc) is 2.54. The molecule has 22 heavy (non-hydrogen) atoms. The van der Waals surface area contributed by atoms with Gasteiger partial charge in [0, 0.05) is 26.1 Å². The zero-order valence-electron chi connectivity index (χ0n) is 12.5. The average molecular weight is 391 g/mol. The lowest BCUT2D eigenvalue weighted by atomic mass is 9.97. The molecule has 1 saturated heterocycles. The number of hydrogen-bond acceptors (Lipinski definition) is 4. The SMILES string of the molecule is CNC(=O)C1CCN(S(=O)(=O)c2ccc(OC)c(Br)c2)CC1. The number of nitrogens with zero attached hydrogens (tertiary/aromatic N) is 1. The Labute approximate surface area is 139 Å². The second-order valence-corrected chi connectivity index (χ2v) is 7.88. The molecule has 2 rings (SSSR count). The van der Waals surface area contributed by atoms with Crippen molar-refractivity contribution in [1.29, 1.82) is 0 Å². The maximum absolute atomic E-state index is 12.6. The van der Waals surface area contributed by atoms with Crippen molar-refractivity contribution in [2.75, 3.05) is 27.2 Å². The largest absolute Gasteiger partial charge is 0.496 e. The van der Waals surface area contributed by atoms with Gasteiger partial charge in [0.2, 0.25) is 15.9 Å². The smallest absolute Gasteiger partial charge is 0.243 e. The van der Waals surface area contributed by atoms with Crippen LogP contribution in [0.5, 0.6) is 5.75 Å². The fraction of sp³-hybridized carbons (Fsp3) is 0.500. The molecule has 1 aromatic rings. The molecule has 1 heterocycles. The molecule has 0 saturated carbocycles. The van der Waals surface area contributed by atoms with Crippen molar-refractivity contribution in [3.63, 3.8) is 0 Å². The van der Waals surface area contributed by atoms with Crippen LogP contribution in [0.3, 0.4) is 0 Å². The van der Waals surface area contributed by atoms with Gasteiger partial charge in [-0.15, -0.1) is 0 Å². The second-order valence-electron chi connectivity index (χ2n) is 5.09. The summed E-state index contributed by atoms with van der Waals surface area (Å²) in [6.07, 6.45) is 1.08. The highest BCUT2D eigenvalue weighted by Crippen LogP contribution is 2.30. The second kappa shape index (κ2) is 6.97. The lowest BCUT2D eigenvalue weighted by Gasteiger charge is -2.30. The van der Waals surface area contributed by atoms with E-state index in [0.29, 0.717) is 36.2 Å². The molecule has 0 radical (unpaired) electrons. The first-order chi connectivity index (χ1) is 10.4. The molecular weight excluding hydrogens is 372 g/mol. The van der Waals surface area contributed by atoms with Crippen LogP contribution < -0.4 is 10.1 Å². The summed E-state index contributed by atoms with van der Waals surface area (Å²) in [6.45, 7) is 0.703. The molecule has 0 atom stereocenters. The van der Waals surface area contributed by atoms with Crippen LogP contribution in [-0.2, 0) is 14.8 Å². The Bertz CT molecular complexity index is 655. The Morgan fingerprint density at radius 2 is 2.00 bits per heavy atom. The molecule has 1 aromatic carbocycles. The fourth-order valence-corrected chi connectivity index (χ4v) is 4.71. The van der Waals surface area contributed by atoms with E-state index in [1.165, 1.54) is 17.5 Å². The van der Waals surface area contributed by atoms with Crippen LogP contribution in [0.15, 0.2) is 27.6 Å². The number of methoxy groups -OCH3 is 1. The summed E-state index contributed by atoms with van der Waals surface area (Å²) in [5, 5.41) is 2.61. The van der Waals surface area contributed by atoms with Crippen molar-refractivity contribution in [1.82, 2.24) is 9.62 Å². The molecule has 1 aliphatic rings. The molecule has 0 bridgehead atoms. The summed E-state index contributed by atoms with van der Waals surface area (Å²) in [5.41, 5.74) is 0. The molecule has 1 amide bonds. The van der Waals surface area contributed by atoms with Crippen molar-refractivity contribution in [3.8, 4) is 5.75 Å². The molecule has 0 aromatic heterocycles. The van der Waals surface area contributed by atoms with Gasteiger partial charge in [0.25, 0.3) is 0 Å². The van der Waals surface area contributed by atoms with Gasteiger partial charge in [0.05, 0.1) is 16.5 Å². The summed E-state index contributed by atoms with van der Waals surface area (Å²) in [4.78, 5) is 11.8. The quantitative estimate of drug-likeness (QED) is 0.846. The first kappa shape index (κ1) is 17.2. The van der Waals surface area contributed by atoms with Gasteiger partial charge < -0.3 is 10.1 Å². The summed E-state index contributed by atoms with van der Waals surface area (Å²) < 4.78 is 32.4. The van der Waals surface area contributed by atoms with Crippen molar-refractivity contribution >= 4 is 31.9 Å². The number of amides is 1. The zero-order valence-corrected chi connectivity index (χ0v) is 14.9. The van der Waals surface area contributed by atoms with Gasteiger partial charge in [-0.05, 0) is 47.0 Å². The standard InChI is InChI=1S/C14H19BrN2O4S/c1-16-14(18)10-5-7-17(8-6-10)22(19,20)11-3-4-13(21-2)12(15)9-11/h3-4,9-10H,5-8H2,1-2H3,(H,16,18). The fourth-order valence-electron chi connectivity index (χ4n) is 2.52. The molecule has 0 spiro atoms. The van der Waals surface area contributed by atoms with Gasteiger partial charge in [-0.2, -0.15) is 4.31 Å². The van der Waals surface area contributed by atoms with Gasteiger partial charge in [0.15, 0.2) is 0 Å². The first-order valence-corrected chi connectivity index (χ1v) is 9.18. The van der Waals surface area contributed by atoms with Crippen LogP contribution >= 0.6 is 15.9 Å². The van der Waals surface area contributed by atoms with E-state index >= 15 is 0 Å². The molecule has 122 valence electrons. The third-order valence-corrected chi connectivity index (χ3v) is 6.35. The number of piperidine rings is 1. The Hall–Kier alpha value is -1.12. The number of sulfonamides is 1. The van der Waals surface area contributed by atoms with Crippen molar-refractivity contribution in [2.45, 2.75) is 17.7 Å². The summed E-state index contributed by atoms with van der Waals surface area (Å²) >= 11 is 3.30. The van der Waals surface area contributed by atoms with Gasteiger partial charge in [-0.25, -0.2) is 8.42 Å². The Morgan fingerprint density at radius 3 is 2.50 bits per heavy atom. The molecular formula is C14H19BrN2O4S. The van der Waals surface area contributed by atoms with Crippen molar-refractivity contribution in [2.24, 2.45) is 5.92 Å². The number of halogens is 1. The van der Waals surface area contributed by atoms with E-state index in [1.807, 2.05) is 0 Å². The van der Waals surface area contributed by atoms with E-state index in [2.05, 4.69) is 21.2 Å². The van der Waals surface area contributed by atoms with Gasteiger partial charge in [-0.1, -0.05) is 0 Å². The minimum Gasteiger partial charge on any atom is -0.496 e. The van der Waals surface area contributed by atoms with E-state index in [4.69, 9.17) is 4.74 Å². The van der Waals surface area contributed by atoms with Gasteiger partial charge in [-0.3, -0.25) is 4.79 Å². The van der Waals surface area contributed by atoms with Gasteiger partial charge >= 0.3 is 0 Å². The molecule has 1 aliphatic heterocycles. The zero-order chi connectivity index (χ0) is 16.3. The van der Waals surface area contributed by atoms with Crippen LogP contribution in [0.2, 0.25) is 0 Å².